The van der Waals surface area contributed by atoms with Crippen molar-refractivity contribution in [2.24, 2.45) is 0 Å². The average Bonchev–Trinajstić information content (AvgIpc) is 2.45. The Hall–Kier alpha value is -2.69. The van der Waals surface area contributed by atoms with Crippen molar-refractivity contribution in [3.63, 3.8) is 0 Å². The Morgan fingerprint density at radius 1 is 1.11 bits per heavy atom. The SMILES string of the molecule is O=c1cc(O)c2cccnc2n1Cc1ccccn1. The molecule has 5 nitrogen and oxygen atoms in total. The largest absolute Gasteiger partial charge is 0.507 e. The van der Waals surface area contributed by atoms with Crippen LogP contribution in [0.2, 0.25) is 0 Å². The lowest BCUT2D eigenvalue weighted by Crippen LogP contribution is -2.21. The van der Waals surface area contributed by atoms with E-state index in [1.54, 1.807) is 24.5 Å². The van der Waals surface area contributed by atoms with Crippen molar-refractivity contribution in [1.82, 2.24) is 14.5 Å². The van der Waals surface area contributed by atoms with Gasteiger partial charge in [0.25, 0.3) is 5.56 Å². The number of fused-ring (bicyclic) bond motifs is 1. The van der Waals surface area contributed by atoms with Gasteiger partial charge in [0.2, 0.25) is 0 Å². The molecule has 0 saturated heterocycles. The zero-order valence-electron chi connectivity index (χ0n) is 10.0. The molecule has 3 rings (SSSR count). The average molecular weight is 253 g/mol. The van der Waals surface area contributed by atoms with Crippen molar-refractivity contribution < 1.29 is 5.11 Å². The Morgan fingerprint density at radius 3 is 2.74 bits per heavy atom. The summed E-state index contributed by atoms with van der Waals surface area (Å²) in [6.07, 6.45) is 3.27. The van der Waals surface area contributed by atoms with E-state index in [2.05, 4.69) is 9.97 Å². The number of aromatic nitrogens is 3. The quantitative estimate of drug-likeness (QED) is 0.752. The molecular formula is C14H11N3O2. The molecule has 0 aliphatic rings. The summed E-state index contributed by atoms with van der Waals surface area (Å²) >= 11 is 0. The molecule has 0 radical (unpaired) electrons. The molecule has 0 aliphatic heterocycles. The van der Waals surface area contributed by atoms with Crippen LogP contribution in [0.4, 0.5) is 0 Å². The van der Waals surface area contributed by atoms with E-state index in [0.717, 1.165) is 5.69 Å². The summed E-state index contributed by atoms with van der Waals surface area (Å²) in [5.41, 5.74) is 0.926. The Morgan fingerprint density at radius 2 is 1.95 bits per heavy atom. The number of hydrogen-bond acceptors (Lipinski definition) is 4. The monoisotopic (exact) mass is 253 g/mol. The van der Waals surface area contributed by atoms with Gasteiger partial charge in [-0.25, -0.2) is 4.98 Å². The molecule has 19 heavy (non-hydrogen) atoms. The molecule has 0 fully saturated rings. The van der Waals surface area contributed by atoms with Gasteiger partial charge >= 0.3 is 0 Å². The second kappa shape index (κ2) is 4.53. The van der Waals surface area contributed by atoms with Gasteiger partial charge in [0.1, 0.15) is 11.4 Å². The highest BCUT2D eigenvalue weighted by molar-refractivity contribution is 5.81. The van der Waals surface area contributed by atoms with Crippen LogP contribution < -0.4 is 5.56 Å². The summed E-state index contributed by atoms with van der Waals surface area (Å²) in [7, 11) is 0. The Labute approximate surface area is 108 Å². The first kappa shape index (κ1) is 11.4. The topological polar surface area (TPSA) is 68.0 Å². The zero-order valence-corrected chi connectivity index (χ0v) is 10.0. The summed E-state index contributed by atoms with van der Waals surface area (Å²) in [5.74, 6) is -0.0506. The van der Waals surface area contributed by atoms with Crippen LogP contribution in [0.25, 0.3) is 11.0 Å². The lowest BCUT2D eigenvalue weighted by atomic mass is 10.2. The van der Waals surface area contributed by atoms with Gasteiger partial charge in [-0.05, 0) is 24.3 Å². The molecule has 3 heterocycles. The van der Waals surface area contributed by atoms with Gasteiger partial charge in [-0.1, -0.05) is 6.07 Å². The minimum absolute atomic E-state index is 0.0506. The van der Waals surface area contributed by atoms with E-state index < -0.39 is 0 Å². The van der Waals surface area contributed by atoms with Crippen LogP contribution in [0.1, 0.15) is 5.69 Å². The molecule has 1 N–H and O–H groups in total. The summed E-state index contributed by atoms with van der Waals surface area (Å²) in [4.78, 5) is 20.4. The fourth-order valence-corrected chi connectivity index (χ4v) is 2.00. The molecule has 0 saturated carbocycles. The summed E-state index contributed by atoms with van der Waals surface area (Å²) in [5, 5.41) is 10.3. The van der Waals surface area contributed by atoms with E-state index in [1.807, 2.05) is 18.2 Å². The van der Waals surface area contributed by atoms with Crippen molar-refractivity contribution in [3.8, 4) is 5.75 Å². The smallest absolute Gasteiger partial charge is 0.256 e. The van der Waals surface area contributed by atoms with E-state index in [4.69, 9.17) is 0 Å². The maximum Gasteiger partial charge on any atom is 0.256 e. The van der Waals surface area contributed by atoms with E-state index in [0.29, 0.717) is 17.6 Å². The van der Waals surface area contributed by atoms with Gasteiger partial charge in [-0.2, -0.15) is 0 Å². The van der Waals surface area contributed by atoms with Crippen LogP contribution in [0.3, 0.4) is 0 Å². The normalized spacial score (nSPS) is 10.7. The van der Waals surface area contributed by atoms with Crippen molar-refractivity contribution in [1.29, 1.82) is 0 Å². The zero-order chi connectivity index (χ0) is 13.2. The second-order valence-electron chi connectivity index (χ2n) is 4.15. The van der Waals surface area contributed by atoms with Crippen LogP contribution in [0, 0.1) is 0 Å². The molecule has 0 spiro atoms. The molecule has 0 amide bonds. The lowest BCUT2D eigenvalue weighted by Gasteiger charge is -2.09. The number of rotatable bonds is 2. The van der Waals surface area contributed by atoms with Crippen molar-refractivity contribution in [2.45, 2.75) is 6.54 Å². The van der Waals surface area contributed by atoms with E-state index in [9.17, 15) is 9.90 Å². The molecule has 3 aromatic heterocycles. The molecule has 3 aromatic rings. The van der Waals surface area contributed by atoms with Gasteiger partial charge in [-0.15, -0.1) is 0 Å². The number of pyridine rings is 3. The summed E-state index contributed by atoms with van der Waals surface area (Å²) in [6, 6.07) is 10.2. The van der Waals surface area contributed by atoms with Crippen LogP contribution >= 0.6 is 0 Å². The molecule has 0 aliphatic carbocycles. The van der Waals surface area contributed by atoms with E-state index >= 15 is 0 Å². The standard InChI is InChI=1S/C14H11N3O2/c18-12-8-13(19)17(9-10-4-1-2-6-15-10)14-11(12)5-3-7-16-14/h1-8,18H,9H2. The third-order valence-corrected chi connectivity index (χ3v) is 2.89. The summed E-state index contributed by atoms with van der Waals surface area (Å²) < 4.78 is 1.50. The molecule has 5 heteroatoms. The van der Waals surface area contributed by atoms with E-state index in [1.165, 1.54) is 10.6 Å². The summed E-state index contributed by atoms with van der Waals surface area (Å²) in [6.45, 7) is 0.327. The minimum Gasteiger partial charge on any atom is -0.507 e. The third-order valence-electron chi connectivity index (χ3n) is 2.89. The van der Waals surface area contributed by atoms with Gasteiger partial charge < -0.3 is 5.11 Å². The van der Waals surface area contributed by atoms with Crippen molar-refractivity contribution in [3.05, 3.63) is 64.8 Å². The minimum atomic E-state index is -0.297. The third kappa shape index (κ3) is 2.06. The van der Waals surface area contributed by atoms with Crippen LogP contribution in [0.5, 0.6) is 5.75 Å². The Kier molecular flexibility index (Phi) is 2.72. The van der Waals surface area contributed by atoms with Crippen molar-refractivity contribution in [2.75, 3.05) is 0 Å². The number of nitrogens with zero attached hydrogens (tertiary/aromatic N) is 3. The number of aromatic hydroxyl groups is 1. The molecule has 94 valence electrons. The Bertz CT molecular complexity index is 782. The first-order valence-corrected chi connectivity index (χ1v) is 5.83. The Balaban J connectivity index is 2.21. The van der Waals surface area contributed by atoms with E-state index in [-0.39, 0.29) is 11.3 Å². The maximum atomic E-state index is 12.0. The molecular weight excluding hydrogens is 242 g/mol. The predicted molar refractivity (Wildman–Crippen MR) is 71.0 cm³/mol. The van der Waals surface area contributed by atoms with Crippen LogP contribution in [-0.4, -0.2) is 19.6 Å². The highest BCUT2D eigenvalue weighted by Gasteiger charge is 2.09. The van der Waals surface area contributed by atoms with Gasteiger partial charge in [0.15, 0.2) is 0 Å². The molecule has 0 atom stereocenters. The van der Waals surface area contributed by atoms with Crippen LogP contribution in [-0.2, 0) is 6.54 Å². The first-order valence-electron chi connectivity index (χ1n) is 5.83. The first-order chi connectivity index (χ1) is 9.25. The fraction of sp³-hybridized carbons (Fsp3) is 0.0714. The highest BCUT2D eigenvalue weighted by Crippen LogP contribution is 2.20. The highest BCUT2D eigenvalue weighted by atomic mass is 16.3. The predicted octanol–water partition coefficient (Wildman–Crippen LogP) is 1.55. The van der Waals surface area contributed by atoms with Gasteiger partial charge in [0.05, 0.1) is 17.6 Å². The van der Waals surface area contributed by atoms with Gasteiger partial charge in [-0.3, -0.25) is 14.3 Å². The van der Waals surface area contributed by atoms with Crippen LogP contribution in [0.15, 0.2) is 53.6 Å². The molecule has 0 aromatic carbocycles. The molecule has 0 unspecified atom stereocenters. The van der Waals surface area contributed by atoms with Gasteiger partial charge in [0, 0.05) is 18.5 Å². The fourth-order valence-electron chi connectivity index (χ4n) is 2.00. The van der Waals surface area contributed by atoms with Crippen molar-refractivity contribution >= 4 is 11.0 Å². The lowest BCUT2D eigenvalue weighted by molar-refractivity contribution is 0.479. The second-order valence-corrected chi connectivity index (χ2v) is 4.15. The maximum absolute atomic E-state index is 12.0. The molecule has 0 bridgehead atoms. The number of hydrogen-bond donors (Lipinski definition) is 1.